The molecule has 1 aromatic rings. The van der Waals surface area contributed by atoms with Gasteiger partial charge < -0.3 is 10.5 Å². The Hall–Kier alpha value is -1.48. The molecule has 2 N–H and O–H groups in total. The molecule has 1 aromatic carbocycles. The number of sulfonamides is 1. The van der Waals surface area contributed by atoms with Gasteiger partial charge in [-0.15, -0.1) is 0 Å². The highest BCUT2D eigenvalue weighted by molar-refractivity contribution is 7.89. The Morgan fingerprint density at radius 1 is 1.26 bits per heavy atom. The molecule has 4 rings (SSSR count). The van der Waals surface area contributed by atoms with Crippen LogP contribution in [0, 0.1) is 6.92 Å². The van der Waals surface area contributed by atoms with Crippen LogP contribution in [0.15, 0.2) is 29.2 Å². The third kappa shape index (κ3) is 3.40. The normalized spacial score (nSPS) is 32.0. The second-order valence-electron chi connectivity index (χ2n) is 8.07. The third-order valence-electron chi connectivity index (χ3n) is 6.25. The molecule has 3 saturated heterocycles. The van der Waals surface area contributed by atoms with E-state index < -0.39 is 15.6 Å². The van der Waals surface area contributed by atoms with E-state index in [1.807, 2.05) is 19.1 Å². The zero-order valence-electron chi connectivity index (χ0n) is 15.6. The lowest BCUT2D eigenvalue weighted by Gasteiger charge is -2.50. The van der Waals surface area contributed by atoms with Gasteiger partial charge in [0.2, 0.25) is 15.9 Å². The highest BCUT2D eigenvalue weighted by Gasteiger charge is 2.52. The number of ether oxygens (including phenoxy) is 1. The number of carbonyl (C=O) groups is 1. The zero-order chi connectivity index (χ0) is 19.2. The van der Waals surface area contributed by atoms with E-state index in [9.17, 15) is 13.2 Å². The van der Waals surface area contributed by atoms with E-state index in [2.05, 4.69) is 4.90 Å². The Bertz CT molecular complexity index is 827. The zero-order valence-corrected chi connectivity index (χ0v) is 16.5. The molecule has 2 bridgehead atoms. The number of hydrogen-bond acceptors (Lipinski definition) is 5. The number of primary amides is 1. The van der Waals surface area contributed by atoms with Gasteiger partial charge in [0.25, 0.3) is 0 Å². The van der Waals surface area contributed by atoms with E-state index in [0.717, 1.165) is 31.2 Å². The van der Waals surface area contributed by atoms with E-state index in [0.29, 0.717) is 24.6 Å². The molecule has 0 aromatic heterocycles. The fraction of sp³-hybridized carbons (Fsp3) is 0.632. The highest BCUT2D eigenvalue weighted by Crippen LogP contribution is 2.44. The van der Waals surface area contributed by atoms with Crippen molar-refractivity contribution in [3.05, 3.63) is 29.8 Å². The molecule has 3 atom stereocenters. The molecule has 27 heavy (non-hydrogen) atoms. The summed E-state index contributed by atoms with van der Waals surface area (Å²) in [5.74, 6) is -0.309. The molecule has 1 unspecified atom stereocenters. The maximum atomic E-state index is 13.2. The van der Waals surface area contributed by atoms with Crippen molar-refractivity contribution in [3.8, 4) is 0 Å². The summed E-state index contributed by atoms with van der Waals surface area (Å²) in [4.78, 5) is 13.9. The lowest BCUT2D eigenvalue weighted by atomic mass is 9.85. The molecule has 148 valence electrons. The summed E-state index contributed by atoms with van der Waals surface area (Å²) in [6.45, 7) is 3.25. The fourth-order valence-electron chi connectivity index (χ4n) is 5.08. The van der Waals surface area contributed by atoms with Gasteiger partial charge in [-0.3, -0.25) is 9.69 Å². The predicted octanol–water partition coefficient (Wildman–Crippen LogP) is 0.867. The maximum absolute atomic E-state index is 13.2. The second-order valence-corrected chi connectivity index (χ2v) is 9.97. The van der Waals surface area contributed by atoms with Crippen molar-refractivity contribution in [2.45, 2.75) is 55.2 Å². The molecule has 1 spiro atoms. The van der Waals surface area contributed by atoms with Crippen LogP contribution in [-0.2, 0) is 19.6 Å². The van der Waals surface area contributed by atoms with Crippen molar-refractivity contribution in [1.82, 2.24) is 9.21 Å². The van der Waals surface area contributed by atoms with Crippen LogP contribution in [0.25, 0.3) is 0 Å². The maximum Gasteiger partial charge on any atom is 0.243 e. The summed E-state index contributed by atoms with van der Waals surface area (Å²) in [7, 11) is -3.55. The minimum atomic E-state index is -3.55. The third-order valence-corrected chi connectivity index (χ3v) is 8.26. The molecule has 0 saturated carbocycles. The Balaban J connectivity index is 1.56. The van der Waals surface area contributed by atoms with Crippen LogP contribution in [0.5, 0.6) is 0 Å². The van der Waals surface area contributed by atoms with Gasteiger partial charge in [0.15, 0.2) is 0 Å². The Morgan fingerprint density at radius 3 is 2.56 bits per heavy atom. The molecule has 3 fully saturated rings. The molecule has 3 heterocycles. The van der Waals surface area contributed by atoms with Crippen molar-refractivity contribution >= 4 is 15.9 Å². The van der Waals surface area contributed by atoms with Crippen molar-refractivity contribution in [2.24, 2.45) is 5.73 Å². The monoisotopic (exact) mass is 393 g/mol. The van der Waals surface area contributed by atoms with Crippen LogP contribution in [0.4, 0.5) is 0 Å². The molecule has 3 aliphatic heterocycles. The SMILES string of the molecule is Cc1ccccc1S(=O)(=O)N1CCOC2(C[C@H]3CC[C@@H](C2)N3CC(N)=O)C1. The molecule has 7 nitrogen and oxygen atoms in total. The van der Waals surface area contributed by atoms with Gasteiger partial charge in [0.1, 0.15) is 0 Å². The minimum Gasteiger partial charge on any atom is -0.372 e. The molecule has 0 aliphatic carbocycles. The van der Waals surface area contributed by atoms with Crippen LogP contribution in [-0.4, -0.2) is 67.5 Å². The Kier molecular flexibility index (Phi) is 4.78. The summed E-state index contributed by atoms with van der Waals surface area (Å²) in [5, 5.41) is 0. The van der Waals surface area contributed by atoms with Crippen LogP contribution in [0.3, 0.4) is 0 Å². The van der Waals surface area contributed by atoms with Gasteiger partial charge in [0, 0.05) is 25.2 Å². The number of piperidine rings is 1. The first-order valence-corrected chi connectivity index (χ1v) is 11.0. The number of carbonyl (C=O) groups excluding carboxylic acids is 1. The number of nitrogens with two attached hydrogens (primary N) is 1. The summed E-state index contributed by atoms with van der Waals surface area (Å²) >= 11 is 0. The van der Waals surface area contributed by atoms with Crippen LogP contribution in [0.2, 0.25) is 0 Å². The van der Waals surface area contributed by atoms with Crippen molar-refractivity contribution in [1.29, 1.82) is 0 Å². The fourth-order valence-corrected chi connectivity index (χ4v) is 6.80. The van der Waals surface area contributed by atoms with E-state index in [-0.39, 0.29) is 24.5 Å². The number of rotatable bonds is 4. The topological polar surface area (TPSA) is 92.9 Å². The number of aryl methyl sites for hydroxylation is 1. The largest absolute Gasteiger partial charge is 0.372 e. The van der Waals surface area contributed by atoms with E-state index in [4.69, 9.17) is 10.5 Å². The van der Waals surface area contributed by atoms with Gasteiger partial charge in [-0.2, -0.15) is 4.31 Å². The number of fused-ring (bicyclic) bond motifs is 2. The average Bonchev–Trinajstić information content (AvgIpc) is 2.86. The number of amides is 1. The summed E-state index contributed by atoms with van der Waals surface area (Å²) < 4.78 is 34.2. The molecule has 0 radical (unpaired) electrons. The Labute approximate surface area is 160 Å². The van der Waals surface area contributed by atoms with Gasteiger partial charge in [-0.1, -0.05) is 18.2 Å². The van der Waals surface area contributed by atoms with Crippen LogP contribution < -0.4 is 5.73 Å². The molecule has 3 aliphatic rings. The highest BCUT2D eigenvalue weighted by atomic mass is 32.2. The van der Waals surface area contributed by atoms with E-state index >= 15 is 0 Å². The molecular weight excluding hydrogens is 366 g/mol. The first-order chi connectivity index (χ1) is 12.8. The summed E-state index contributed by atoms with van der Waals surface area (Å²) in [6, 6.07) is 7.58. The smallest absolute Gasteiger partial charge is 0.243 e. The lowest BCUT2D eigenvalue weighted by Crippen LogP contribution is -2.61. The van der Waals surface area contributed by atoms with E-state index in [1.54, 1.807) is 16.4 Å². The van der Waals surface area contributed by atoms with Crippen LogP contribution >= 0.6 is 0 Å². The summed E-state index contributed by atoms with van der Waals surface area (Å²) in [6.07, 6.45) is 3.51. The molecule has 8 heteroatoms. The Morgan fingerprint density at radius 2 is 1.93 bits per heavy atom. The average molecular weight is 394 g/mol. The lowest BCUT2D eigenvalue weighted by molar-refractivity contribution is -0.140. The minimum absolute atomic E-state index is 0.234. The van der Waals surface area contributed by atoms with Crippen LogP contribution in [0.1, 0.15) is 31.2 Å². The second kappa shape index (κ2) is 6.84. The molecule has 1 amide bonds. The quantitative estimate of drug-likeness (QED) is 0.819. The number of nitrogens with zero attached hydrogens (tertiary/aromatic N) is 2. The molecular formula is C19H27N3O4S. The van der Waals surface area contributed by atoms with Gasteiger partial charge in [-0.05, 0) is 44.2 Å². The van der Waals surface area contributed by atoms with Crippen molar-refractivity contribution in [2.75, 3.05) is 26.2 Å². The van der Waals surface area contributed by atoms with Gasteiger partial charge >= 0.3 is 0 Å². The number of benzene rings is 1. The summed E-state index contributed by atoms with van der Waals surface area (Å²) in [5.41, 5.74) is 5.70. The first kappa shape index (κ1) is 18.9. The predicted molar refractivity (Wildman–Crippen MR) is 101 cm³/mol. The first-order valence-electron chi connectivity index (χ1n) is 9.55. The standard InChI is InChI=1S/C19H27N3O4S/c1-14-4-2-3-5-17(14)27(24,25)21-8-9-26-19(13-21)10-15-6-7-16(11-19)22(15)12-18(20)23/h2-5,15-16H,6-13H2,1H3,(H2,20,23)/t15-,16+,19?. The van der Waals surface area contributed by atoms with Crippen molar-refractivity contribution in [3.63, 3.8) is 0 Å². The number of morpholine rings is 1. The van der Waals surface area contributed by atoms with Gasteiger partial charge in [-0.25, -0.2) is 8.42 Å². The van der Waals surface area contributed by atoms with E-state index in [1.165, 1.54) is 0 Å². The number of hydrogen-bond donors (Lipinski definition) is 1. The van der Waals surface area contributed by atoms with Gasteiger partial charge in [0.05, 0.1) is 23.6 Å². The van der Waals surface area contributed by atoms with Crippen molar-refractivity contribution < 1.29 is 17.9 Å².